The first-order chi connectivity index (χ1) is 19.0. The van der Waals surface area contributed by atoms with Gasteiger partial charge in [0.2, 0.25) is 0 Å². The molecule has 0 heterocycles. The molecule has 224 valence electrons. The molecule has 0 spiro atoms. The fraction of sp³-hybridized carbons (Fsp3) is 0.622. The molecule has 0 aromatic heterocycles. The fourth-order valence-electron chi connectivity index (χ4n) is 6.96. The highest BCUT2D eigenvalue weighted by atomic mass is 16.3. The Hall–Kier alpha value is -2.62. The molecule has 2 aromatic rings. The van der Waals surface area contributed by atoms with Crippen LogP contribution >= 0.6 is 0 Å². The summed E-state index contributed by atoms with van der Waals surface area (Å²) in [5.41, 5.74) is 6.17. The predicted octanol–water partition coefficient (Wildman–Crippen LogP) is 9.37. The molecule has 3 unspecified atom stereocenters. The van der Waals surface area contributed by atoms with Crippen molar-refractivity contribution in [3.8, 4) is 11.5 Å². The molecular formula is C37H54N2O2. The molecule has 4 heteroatoms. The van der Waals surface area contributed by atoms with Crippen LogP contribution in [0, 0.1) is 16.7 Å². The van der Waals surface area contributed by atoms with Gasteiger partial charge in [0.15, 0.2) is 0 Å². The van der Waals surface area contributed by atoms with Crippen LogP contribution in [0.2, 0.25) is 0 Å². The maximum Gasteiger partial charge on any atom is 0.127 e. The molecule has 0 radical (unpaired) electrons. The van der Waals surface area contributed by atoms with Gasteiger partial charge in [-0.15, -0.1) is 0 Å². The van der Waals surface area contributed by atoms with Gasteiger partial charge in [-0.3, -0.25) is 9.98 Å². The number of rotatable bonds is 8. The number of nitrogens with zero attached hydrogens (tertiary/aromatic N) is 2. The Morgan fingerprint density at radius 2 is 1.29 bits per heavy atom. The van der Waals surface area contributed by atoms with E-state index in [-0.39, 0.29) is 34.2 Å². The summed E-state index contributed by atoms with van der Waals surface area (Å²) in [7, 11) is 0. The summed E-state index contributed by atoms with van der Waals surface area (Å²) in [6, 6.07) is 8.65. The second-order valence-electron chi connectivity index (χ2n) is 16.0. The lowest BCUT2D eigenvalue weighted by Crippen LogP contribution is -2.34. The summed E-state index contributed by atoms with van der Waals surface area (Å²) in [4.78, 5) is 10.4. The number of fused-ring (bicyclic) bond motifs is 2. The molecule has 4 nitrogen and oxygen atoms in total. The topological polar surface area (TPSA) is 65.2 Å². The molecule has 2 aliphatic carbocycles. The van der Waals surface area contributed by atoms with Crippen LogP contribution in [0.25, 0.3) is 0 Å². The Kier molecular flexibility index (Phi) is 8.84. The van der Waals surface area contributed by atoms with Gasteiger partial charge in [-0.05, 0) is 101 Å². The molecule has 2 saturated carbocycles. The highest BCUT2D eigenvalue weighted by Gasteiger charge is 2.52. The van der Waals surface area contributed by atoms with Crippen molar-refractivity contribution >= 4 is 12.4 Å². The molecule has 41 heavy (non-hydrogen) atoms. The van der Waals surface area contributed by atoms with E-state index in [2.05, 4.69) is 93.5 Å². The van der Waals surface area contributed by atoms with Gasteiger partial charge in [-0.2, -0.15) is 0 Å². The average molecular weight is 559 g/mol. The van der Waals surface area contributed by atoms with Crippen molar-refractivity contribution in [2.45, 2.75) is 131 Å². The third-order valence-corrected chi connectivity index (χ3v) is 8.83. The maximum absolute atomic E-state index is 11.2. The number of aliphatic imine (C=N–C) groups is 2. The zero-order valence-corrected chi connectivity index (χ0v) is 27.3. The summed E-state index contributed by atoms with van der Waals surface area (Å²) >= 11 is 0. The highest BCUT2D eigenvalue weighted by molar-refractivity contribution is 5.86. The number of benzene rings is 2. The molecule has 3 atom stereocenters. The van der Waals surface area contributed by atoms with Crippen molar-refractivity contribution < 1.29 is 10.2 Å². The number of hydrogen-bond acceptors (Lipinski definition) is 4. The second kappa shape index (κ2) is 11.6. The van der Waals surface area contributed by atoms with E-state index in [9.17, 15) is 10.2 Å². The monoisotopic (exact) mass is 558 g/mol. The molecule has 2 fully saturated rings. The average Bonchev–Trinajstić information content (AvgIpc) is 3.40. The second-order valence-corrected chi connectivity index (χ2v) is 16.0. The van der Waals surface area contributed by atoms with Crippen molar-refractivity contribution in [3.05, 3.63) is 57.6 Å². The fourth-order valence-corrected chi connectivity index (χ4v) is 6.96. The van der Waals surface area contributed by atoms with Gasteiger partial charge in [0.25, 0.3) is 0 Å². The first-order valence-electron chi connectivity index (χ1n) is 15.8. The Balaban J connectivity index is 1.67. The van der Waals surface area contributed by atoms with Crippen molar-refractivity contribution in [1.29, 1.82) is 0 Å². The molecule has 2 aliphatic rings. The van der Waals surface area contributed by atoms with E-state index in [1.165, 1.54) is 17.5 Å². The van der Waals surface area contributed by atoms with Crippen LogP contribution in [-0.4, -0.2) is 34.2 Å². The standard InChI is InChI=1S/C37H54N2O2/c1-23(2)30-15-26(18-35(5,6)7)13-28(33(30)40)21-38-32-17-25-11-12-37(32,20-25)39-22-29-14-27(19-36(8,9)10)16-31(24(3)4)34(29)41/h13-16,21-25,32,40-41H,11-12,17-20H2,1-10H3. The Morgan fingerprint density at radius 1 is 0.805 bits per heavy atom. The van der Waals surface area contributed by atoms with Crippen LogP contribution < -0.4 is 0 Å². The largest absolute Gasteiger partial charge is 0.507 e. The minimum Gasteiger partial charge on any atom is -0.507 e. The molecule has 0 aliphatic heterocycles. The van der Waals surface area contributed by atoms with Crippen LogP contribution in [0.3, 0.4) is 0 Å². The van der Waals surface area contributed by atoms with Crippen molar-refractivity contribution in [3.63, 3.8) is 0 Å². The minimum absolute atomic E-state index is 0.0788. The number of hydrogen-bond donors (Lipinski definition) is 2. The molecule has 2 bridgehead atoms. The van der Waals surface area contributed by atoms with E-state index < -0.39 is 0 Å². The summed E-state index contributed by atoms with van der Waals surface area (Å²) in [6.07, 6.45) is 10.0. The van der Waals surface area contributed by atoms with Crippen molar-refractivity contribution in [2.24, 2.45) is 26.7 Å². The normalized spacial score (nSPS) is 23.2. The van der Waals surface area contributed by atoms with Crippen LogP contribution in [0.5, 0.6) is 11.5 Å². The van der Waals surface area contributed by atoms with E-state index >= 15 is 0 Å². The molecule has 2 N–H and O–H groups in total. The number of phenolic OH excluding ortho intramolecular Hbond substituents is 2. The van der Waals surface area contributed by atoms with E-state index in [0.29, 0.717) is 17.4 Å². The molecule has 0 saturated heterocycles. The van der Waals surface area contributed by atoms with Gasteiger partial charge in [0, 0.05) is 23.6 Å². The summed E-state index contributed by atoms with van der Waals surface area (Å²) in [5.74, 6) is 1.81. The SMILES string of the molecule is CC(C)c1cc(CC(C)(C)C)cc(C=NC2CC3CCC2(N=Cc2cc(CC(C)(C)C)cc(C(C)C)c2O)C3)c1O. The third-order valence-electron chi connectivity index (χ3n) is 8.83. The quantitative estimate of drug-likeness (QED) is 0.317. The third kappa shape index (κ3) is 7.43. The Bertz CT molecular complexity index is 1310. The van der Waals surface area contributed by atoms with Crippen molar-refractivity contribution in [2.75, 3.05) is 0 Å². The first-order valence-corrected chi connectivity index (χ1v) is 15.8. The van der Waals surface area contributed by atoms with Gasteiger partial charge in [-0.1, -0.05) is 81.4 Å². The minimum atomic E-state index is -0.245. The zero-order chi connectivity index (χ0) is 30.3. The van der Waals surface area contributed by atoms with E-state index in [1.807, 2.05) is 12.4 Å². The Labute approximate surface area is 249 Å². The van der Waals surface area contributed by atoms with E-state index in [0.717, 1.165) is 54.4 Å². The lowest BCUT2D eigenvalue weighted by Gasteiger charge is -2.29. The molecule has 2 aromatic carbocycles. The number of aromatic hydroxyl groups is 2. The van der Waals surface area contributed by atoms with Crippen LogP contribution in [0.4, 0.5) is 0 Å². The molecule has 0 amide bonds. The van der Waals surface area contributed by atoms with Gasteiger partial charge in [0.1, 0.15) is 11.5 Å². The summed E-state index contributed by atoms with van der Waals surface area (Å²) < 4.78 is 0. The number of phenols is 2. The van der Waals surface area contributed by atoms with Crippen molar-refractivity contribution in [1.82, 2.24) is 0 Å². The van der Waals surface area contributed by atoms with Crippen LogP contribution in [0.1, 0.15) is 140 Å². The molecule has 4 rings (SSSR count). The van der Waals surface area contributed by atoms with E-state index in [4.69, 9.17) is 9.98 Å². The summed E-state index contributed by atoms with van der Waals surface area (Å²) in [6.45, 7) is 22.0. The first kappa shape index (κ1) is 31.3. The maximum atomic E-state index is 11.2. The van der Waals surface area contributed by atoms with Gasteiger partial charge in [-0.25, -0.2) is 0 Å². The van der Waals surface area contributed by atoms with Gasteiger partial charge in [0.05, 0.1) is 11.6 Å². The van der Waals surface area contributed by atoms with Crippen LogP contribution in [-0.2, 0) is 12.8 Å². The lowest BCUT2D eigenvalue weighted by atomic mass is 9.85. The highest BCUT2D eigenvalue weighted by Crippen LogP contribution is 2.52. The van der Waals surface area contributed by atoms with Gasteiger partial charge < -0.3 is 10.2 Å². The van der Waals surface area contributed by atoms with Crippen LogP contribution in [0.15, 0.2) is 34.3 Å². The smallest absolute Gasteiger partial charge is 0.127 e. The lowest BCUT2D eigenvalue weighted by molar-refractivity contribution is 0.367. The van der Waals surface area contributed by atoms with Gasteiger partial charge >= 0.3 is 0 Å². The summed E-state index contributed by atoms with van der Waals surface area (Å²) in [5, 5.41) is 22.4. The zero-order valence-electron chi connectivity index (χ0n) is 27.3. The molecular weight excluding hydrogens is 504 g/mol. The predicted molar refractivity (Wildman–Crippen MR) is 174 cm³/mol. The Morgan fingerprint density at radius 3 is 1.73 bits per heavy atom. The van der Waals surface area contributed by atoms with E-state index in [1.54, 1.807) is 0 Å².